The molecule has 0 fully saturated rings. The molecule has 0 radical (unpaired) electrons. The van der Waals surface area contributed by atoms with Crippen LogP contribution in [-0.2, 0) is 6.42 Å². The smallest absolute Gasteiger partial charge is 0.118 e. The molecule has 0 amide bonds. The zero-order chi connectivity index (χ0) is 12.1. The fourth-order valence-corrected chi connectivity index (χ4v) is 1.81. The van der Waals surface area contributed by atoms with Crippen molar-refractivity contribution in [2.45, 2.75) is 6.42 Å². The standard InChI is InChI=1S/C15H17NO/c1-17-15-8-6-14(7-9-15)13-4-2-12(3-5-13)10-11-16/h2-9H,10-11,16H2,1H3. The van der Waals surface area contributed by atoms with E-state index in [-0.39, 0.29) is 0 Å². The lowest BCUT2D eigenvalue weighted by atomic mass is 10.0. The Kier molecular flexibility index (Phi) is 3.78. The lowest BCUT2D eigenvalue weighted by Crippen LogP contribution is -2.02. The molecule has 2 aromatic rings. The fourth-order valence-electron chi connectivity index (χ4n) is 1.81. The maximum atomic E-state index is 5.53. The summed E-state index contributed by atoms with van der Waals surface area (Å²) in [5.74, 6) is 0.883. The van der Waals surface area contributed by atoms with Gasteiger partial charge in [-0.3, -0.25) is 0 Å². The molecule has 0 spiro atoms. The largest absolute Gasteiger partial charge is 0.497 e. The molecule has 0 atom stereocenters. The molecule has 88 valence electrons. The van der Waals surface area contributed by atoms with Crippen LogP contribution >= 0.6 is 0 Å². The Labute approximate surface area is 102 Å². The fraction of sp³-hybridized carbons (Fsp3) is 0.200. The van der Waals surface area contributed by atoms with Crippen LogP contribution in [0.25, 0.3) is 11.1 Å². The van der Waals surface area contributed by atoms with E-state index in [1.165, 1.54) is 16.7 Å². The summed E-state index contributed by atoms with van der Waals surface area (Å²) in [5, 5.41) is 0. The Balaban J connectivity index is 2.20. The van der Waals surface area contributed by atoms with E-state index < -0.39 is 0 Å². The number of hydrogen-bond donors (Lipinski definition) is 1. The van der Waals surface area contributed by atoms with Gasteiger partial charge in [0.2, 0.25) is 0 Å². The number of methoxy groups -OCH3 is 1. The van der Waals surface area contributed by atoms with Crippen molar-refractivity contribution in [1.82, 2.24) is 0 Å². The molecule has 0 heterocycles. The lowest BCUT2D eigenvalue weighted by Gasteiger charge is -2.05. The zero-order valence-electron chi connectivity index (χ0n) is 10.0. The summed E-state index contributed by atoms with van der Waals surface area (Å²) in [5.41, 5.74) is 9.23. The molecule has 0 bridgehead atoms. The molecule has 2 aromatic carbocycles. The van der Waals surface area contributed by atoms with Crippen molar-refractivity contribution >= 4 is 0 Å². The zero-order valence-corrected chi connectivity index (χ0v) is 10.0. The molecule has 2 N–H and O–H groups in total. The first-order valence-electron chi connectivity index (χ1n) is 5.77. The van der Waals surface area contributed by atoms with E-state index >= 15 is 0 Å². The van der Waals surface area contributed by atoms with E-state index in [1.807, 2.05) is 12.1 Å². The van der Waals surface area contributed by atoms with Crippen molar-refractivity contribution in [3.05, 3.63) is 54.1 Å². The molecular weight excluding hydrogens is 210 g/mol. The summed E-state index contributed by atoms with van der Waals surface area (Å²) in [4.78, 5) is 0. The Morgan fingerprint density at radius 1 is 0.882 bits per heavy atom. The highest BCUT2D eigenvalue weighted by atomic mass is 16.5. The normalized spacial score (nSPS) is 10.2. The van der Waals surface area contributed by atoms with Gasteiger partial charge in [0, 0.05) is 0 Å². The number of ether oxygens (including phenoxy) is 1. The second-order valence-corrected chi connectivity index (χ2v) is 3.96. The highest BCUT2D eigenvalue weighted by molar-refractivity contribution is 5.64. The van der Waals surface area contributed by atoms with Crippen molar-refractivity contribution in [2.75, 3.05) is 13.7 Å². The van der Waals surface area contributed by atoms with Gasteiger partial charge in [-0.1, -0.05) is 36.4 Å². The predicted molar refractivity (Wildman–Crippen MR) is 71.2 cm³/mol. The summed E-state index contributed by atoms with van der Waals surface area (Å²) in [6.45, 7) is 0.696. The first kappa shape index (κ1) is 11.7. The van der Waals surface area contributed by atoms with E-state index in [0.717, 1.165) is 12.2 Å². The highest BCUT2D eigenvalue weighted by Crippen LogP contribution is 2.22. The molecule has 0 aliphatic rings. The van der Waals surface area contributed by atoms with Gasteiger partial charge in [-0.25, -0.2) is 0 Å². The second-order valence-electron chi connectivity index (χ2n) is 3.96. The maximum absolute atomic E-state index is 5.53. The van der Waals surface area contributed by atoms with Crippen molar-refractivity contribution in [1.29, 1.82) is 0 Å². The van der Waals surface area contributed by atoms with E-state index in [9.17, 15) is 0 Å². The van der Waals surface area contributed by atoms with Gasteiger partial charge in [-0.2, -0.15) is 0 Å². The highest BCUT2D eigenvalue weighted by Gasteiger charge is 1.98. The Morgan fingerprint density at radius 3 is 1.88 bits per heavy atom. The molecule has 0 saturated carbocycles. The molecule has 17 heavy (non-hydrogen) atoms. The van der Waals surface area contributed by atoms with Gasteiger partial charge in [0.1, 0.15) is 5.75 Å². The van der Waals surface area contributed by atoms with Crippen LogP contribution in [0, 0.1) is 0 Å². The molecule has 0 aromatic heterocycles. The van der Waals surface area contributed by atoms with Crippen molar-refractivity contribution in [3.63, 3.8) is 0 Å². The predicted octanol–water partition coefficient (Wildman–Crippen LogP) is 2.86. The Bertz CT molecular complexity index is 459. The van der Waals surface area contributed by atoms with Crippen molar-refractivity contribution in [3.8, 4) is 16.9 Å². The van der Waals surface area contributed by atoms with Crippen LogP contribution in [0.15, 0.2) is 48.5 Å². The summed E-state index contributed by atoms with van der Waals surface area (Å²) >= 11 is 0. The SMILES string of the molecule is COc1ccc(-c2ccc(CCN)cc2)cc1. The van der Waals surface area contributed by atoms with Gasteiger partial charge in [-0.15, -0.1) is 0 Å². The van der Waals surface area contributed by atoms with Crippen LogP contribution in [0.4, 0.5) is 0 Å². The van der Waals surface area contributed by atoms with Crippen LogP contribution < -0.4 is 10.5 Å². The average Bonchev–Trinajstić information content (AvgIpc) is 2.40. The molecular formula is C15H17NO. The average molecular weight is 227 g/mol. The van der Waals surface area contributed by atoms with Gasteiger partial charge in [-0.05, 0) is 41.8 Å². The first-order valence-corrected chi connectivity index (χ1v) is 5.77. The van der Waals surface area contributed by atoms with E-state index in [1.54, 1.807) is 7.11 Å². The summed E-state index contributed by atoms with van der Waals surface area (Å²) in [6, 6.07) is 16.6. The molecule has 0 aliphatic heterocycles. The minimum atomic E-state index is 0.696. The van der Waals surface area contributed by atoms with Gasteiger partial charge >= 0.3 is 0 Å². The third-order valence-corrected chi connectivity index (χ3v) is 2.81. The minimum absolute atomic E-state index is 0.696. The number of benzene rings is 2. The van der Waals surface area contributed by atoms with Crippen LogP contribution in [0.5, 0.6) is 5.75 Å². The van der Waals surface area contributed by atoms with Crippen LogP contribution in [0.2, 0.25) is 0 Å². The quantitative estimate of drug-likeness (QED) is 0.871. The molecule has 2 heteroatoms. The Morgan fingerprint density at radius 2 is 1.41 bits per heavy atom. The summed E-state index contributed by atoms with van der Waals surface area (Å²) < 4.78 is 5.14. The topological polar surface area (TPSA) is 35.2 Å². The molecule has 2 rings (SSSR count). The Hall–Kier alpha value is -1.80. The minimum Gasteiger partial charge on any atom is -0.497 e. The first-order chi connectivity index (χ1) is 8.33. The molecule has 0 aliphatic carbocycles. The van der Waals surface area contributed by atoms with Crippen molar-refractivity contribution < 1.29 is 4.74 Å². The lowest BCUT2D eigenvalue weighted by molar-refractivity contribution is 0.415. The van der Waals surface area contributed by atoms with E-state index in [2.05, 4.69) is 36.4 Å². The summed E-state index contributed by atoms with van der Waals surface area (Å²) in [6.07, 6.45) is 0.933. The third-order valence-electron chi connectivity index (χ3n) is 2.81. The molecule has 2 nitrogen and oxygen atoms in total. The summed E-state index contributed by atoms with van der Waals surface area (Å²) in [7, 11) is 1.68. The molecule has 0 unspecified atom stereocenters. The van der Waals surface area contributed by atoms with Crippen LogP contribution in [0.1, 0.15) is 5.56 Å². The third kappa shape index (κ3) is 2.86. The number of rotatable bonds is 4. The maximum Gasteiger partial charge on any atom is 0.118 e. The van der Waals surface area contributed by atoms with Gasteiger partial charge in [0.15, 0.2) is 0 Å². The van der Waals surface area contributed by atoms with Gasteiger partial charge in [0.25, 0.3) is 0 Å². The van der Waals surface area contributed by atoms with E-state index in [4.69, 9.17) is 10.5 Å². The van der Waals surface area contributed by atoms with Crippen LogP contribution in [0.3, 0.4) is 0 Å². The van der Waals surface area contributed by atoms with Gasteiger partial charge < -0.3 is 10.5 Å². The number of hydrogen-bond acceptors (Lipinski definition) is 2. The van der Waals surface area contributed by atoms with Crippen molar-refractivity contribution in [2.24, 2.45) is 5.73 Å². The second kappa shape index (κ2) is 5.51. The number of nitrogens with two attached hydrogens (primary N) is 1. The molecule has 0 saturated heterocycles. The van der Waals surface area contributed by atoms with E-state index in [0.29, 0.717) is 6.54 Å². The monoisotopic (exact) mass is 227 g/mol. The van der Waals surface area contributed by atoms with Gasteiger partial charge in [0.05, 0.1) is 7.11 Å². The van der Waals surface area contributed by atoms with Crippen LogP contribution in [-0.4, -0.2) is 13.7 Å².